The molecule has 0 bridgehead atoms. The third kappa shape index (κ3) is 5.23. The Bertz CT molecular complexity index is 1230. The fourth-order valence-electron chi connectivity index (χ4n) is 3.54. The van der Waals surface area contributed by atoms with Gasteiger partial charge in [0.1, 0.15) is 5.75 Å². The summed E-state index contributed by atoms with van der Waals surface area (Å²) in [4.78, 5) is 17.0. The molecule has 1 atom stereocenters. The van der Waals surface area contributed by atoms with Crippen LogP contribution in [0, 0.1) is 6.92 Å². The van der Waals surface area contributed by atoms with Gasteiger partial charge in [0.2, 0.25) is 5.91 Å². The molecule has 4 rings (SSSR count). The molecule has 4 aromatic rings. The van der Waals surface area contributed by atoms with Crippen LogP contribution in [0.25, 0.3) is 17.1 Å². The topological polar surface area (TPSA) is 81.9 Å². The van der Waals surface area contributed by atoms with Crippen molar-refractivity contribution in [1.82, 2.24) is 25.1 Å². The van der Waals surface area contributed by atoms with Gasteiger partial charge in [-0.25, -0.2) is 0 Å². The number of nitrogens with one attached hydrogen (secondary N) is 1. The number of rotatable bonds is 8. The van der Waals surface area contributed by atoms with Gasteiger partial charge in [-0.2, -0.15) is 0 Å². The second-order valence-corrected chi connectivity index (χ2v) is 8.48. The van der Waals surface area contributed by atoms with E-state index in [0.717, 1.165) is 28.1 Å². The zero-order chi connectivity index (χ0) is 23.2. The summed E-state index contributed by atoms with van der Waals surface area (Å²) in [6.45, 7) is 3.97. The Balaban J connectivity index is 1.52. The maximum Gasteiger partial charge on any atom is 0.230 e. The molecule has 7 nitrogen and oxygen atoms in total. The fraction of sp³-hybridized carbons (Fsp3) is 0.200. The first-order valence-electron chi connectivity index (χ1n) is 10.5. The van der Waals surface area contributed by atoms with Crippen LogP contribution in [0.15, 0.2) is 78.2 Å². The number of carbonyl (C=O) groups is 1. The molecule has 0 radical (unpaired) electrons. The minimum absolute atomic E-state index is 0.0957. The molecule has 0 aliphatic rings. The Hall–Kier alpha value is -3.65. The van der Waals surface area contributed by atoms with Crippen LogP contribution in [0.1, 0.15) is 24.1 Å². The first-order chi connectivity index (χ1) is 16.1. The van der Waals surface area contributed by atoms with E-state index in [1.54, 1.807) is 19.5 Å². The van der Waals surface area contributed by atoms with E-state index in [0.29, 0.717) is 11.0 Å². The van der Waals surface area contributed by atoms with Gasteiger partial charge in [-0.3, -0.25) is 14.3 Å². The van der Waals surface area contributed by atoms with Crippen LogP contribution in [0.5, 0.6) is 5.75 Å². The number of thioether (sulfide) groups is 1. The molecular formula is C25H25N5O2S. The van der Waals surface area contributed by atoms with Crippen LogP contribution >= 0.6 is 11.8 Å². The van der Waals surface area contributed by atoms with Gasteiger partial charge in [0.05, 0.1) is 18.9 Å². The second kappa shape index (κ2) is 10.3. The Morgan fingerprint density at radius 3 is 2.67 bits per heavy atom. The second-order valence-electron chi connectivity index (χ2n) is 7.54. The Kier molecular flexibility index (Phi) is 7.04. The average Bonchev–Trinajstić information content (AvgIpc) is 3.28. The number of amides is 1. The minimum Gasteiger partial charge on any atom is -0.496 e. The summed E-state index contributed by atoms with van der Waals surface area (Å²) in [7, 11) is 1.63. The van der Waals surface area contributed by atoms with Crippen molar-refractivity contribution in [2.24, 2.45) is 0 Å². The Morgan fingerprint density at radius 2 is 1.94 bits per heavy atom. The lowest BCUT2D eigenvalue weighted by molar-refractivity contribution is -0.119. The van der Waals surface area contributed by atoms with E-state index >= 15 is 0 Å². The molecule has 1 N–H and O–H groups in total. The van der Waals surface area contributed by atoms with Gasteiger partial charge in [-0.15, -0.1) is 10.2 Å². The number of hydrogen-bond donors (Lipinski definition) is 1. The highest BCUT2D eigenvalue weighted by Crippen LogP contribution is 2.29. The first kappa shape index (κ1) is 22.5. The van der Waals surface area contributed by atoms with Gasteiger partial charge in [-0.1, -0.05) is 47.7 Å². The summed E-state index contributed by atoms with van der Waals surface area (Å²) in [5.74, 6) is 1.54. The number of nitrogens with zero attached hydrogens (tertiary/aromatic N) is 4. The van der Waals surface area contributed by atoms with Crippen LogP contribution in [0.3, 0.4) is 0 Å². The highest BCUT2D eigenvalue weighted by atomic mass is 32.2. The lowest BCUT2D eigenvalue weighted by Gasteiger charge is -2.18. The maximum absolute atomic E-state index is 12.8. The SMILES string of the molecule is COc1ccc(C)cc1C(C)NC(=O)CSc1nnc(-c2cccnc2)n1-c1ccccc1. The lowest BCUT2D eigenvalue weighted by Crippen LogP contribution is -2.28. The van der Waals surface area contributed by atoms with E-state index in [1.807, 2.05) is 79.1 Å². The monoisotopic (exact) mass is 459 g/mol. The molecule has 1 unspecified atom stereocenters. The molecule has 1 amide bonds. The van der Waals surface area contributed by atoms with Gasteiger partial charge in [0.15, 0.2) is 11.0 Å². The summed E-state index contributed by atoms with van der Waals surface area (Å²) in [5.41, 5.74) is 3.83. The molecule has 2 aromatic heterocycles. The van der Waals surface area contributed by atoms with E-state index in [-0.39, 0.29) is 17.7 Å². The van der Waals surface area contributed by atoms with Gasteiger partial charge < -0.3 is 10.1 Å². The van der Waals surface area contributed by atoms with Crippen molar-refractivity contribution in [2.45, 2.75) is 25.0 Å². The number of methoxy groups -OCH3 is 1. The normalized spacial score (nSPS) is 11.7. The summed E-state index contributed by atoms with van der Waals surface area (Å²) in [6, 6.07) is 19.4. The Labute approximate surface area is 197 Å². The molecule has 168 valence electrons. The van der Waals surface area contributed by atoms with E-state index in [9.17, 15) is 4.79 Å². The van der Waals surface area contributed by atoms with Crippen molar-refractivity contribution >= 4 is 17.7 Å². The van der Waals surface area contributed by atoms with Crippen LogP contribution in [-0.2, 0) is 4.79 Å². The first-order valence-corrected chi connectivity index (χ1v) is 11.5. The zero-order valence-corrected chi connectivity index (χ0v) is 19.5. The number of hydrogen-bond acceptors (Lipinski definition) is 6. The summed E-state index contributed by atoms with van der Waals surface area (Å²) >= 11 is 1.34. The maximum atomic E-state index is 12.8. The predicted octanol–water partition coefficient (Wildman–Crippen LogP) is 4.62. The largest absolute Gasteiger partial charge is 0.496 e. The van der Waals surface area contributed by atoms with Gasteiger partial charge >= 0.3 is 0 Å². The summed E-state index contributed by atoms with van der Waals surface area (Å²) in [6.07, 6.45) is 3.47. The number of aromatic nitrogens is 4. The molecule has 0 saturated heterocycles. The number of carbonyl (C=O) groups excluding carboxylic acids is 1. The fourth-order valence-corrected chi connectivity index (χ4v) is 4.30. The predicted molar refractivity (Wildman–Crippen MR) is 130 cm³/mol. The Morgan fingerprint density at radius 1 is 1.12 bits per heavy atom. The van der Waals surface area contributed by atoms with Crippen molar-refractivity contribution in [3.8, 4) is 22.8 Å². The third-order valence-corrected chi connectivity index (χ3v) is 6.06. The molecule has 2 aromatic carbocycles. The highest BCUT2D eigenvalue weighted by Gasteiger charge is 2.19. The van der Waals surface area contributed by atoms with Crippen molar-refractivity contribution in [3.05, 3.63) is 84.2 Å². The standard InChI is InChI=1S/C25H25N5O2S/c1-17-11-12-22(32-3)21(14-17)18(2)27-23(31)16-33-25-29-28-24(19-8-7-13-26-15-19)30(25)20-9-5-4-6-10-20/h4-15,18H,16H2,1-3H3,(H,27,31). The minimum atomic E-state index is -0.189. The summed E-state index contributed by atoms with van der Waals surface area (Å²) < 4.78 is 7.41. The van der Waals surface area contributed by atoms with Gasteiger partial charge in [0.25, 0.3) is 0 Å². The smallest absolute Gasteiger partial charge is 0.230 e. The number of aryl methyl sites for hydroxylation is 1. The molecular weight excluding hydrogens is 434 g/mol. The average molecular weight is 460 g/mol. The zero-order valence-electron chi connectivity index (χ0n) is 18.7. The molecule has 8 heteroatoms. The van der Waals surface area contributed by atoms with Crippen molar-refractivity contribution in [1.29, 1.82) is 0 Å². The quantitative estimate of drug-likeness (QED) is 0.387. The molecule has 0 aliphatic heterocycles. The van der Waals surface area contributed by atoms with Gasteiger partial charge in [0, 0.05) is 29.2 Å². The number of ether oxygens (including phenoxy) is 1. The molecule has 0 saturated carbocycles. The number of para-hydroxylation sites is 1. The molecule has 33 heavy (non-hydrogen) atoms. The highest BCUT2D eigenvalue weighted by molar-refractivity contribution is 7.99. The molecule has 0 fully saturated rings. The number of pyridine rings is 1. The van der Waals surface area contributed by atoms with Crippen LogP contribution in [0.2, 0.25) is 0 Å². The van der Waals surface area contributed by atoms with Crippen molar-refractivity contribution in [2.75, 3.05) is 12.9 Å². The van der Waals surface area contributed by atoms with E-state index in [4.69, 9.17) is 4.74 Å². The molecule has 2 heterocycles. The van der Waals surface area contributed by atoms with Crippen LogP contribution < -0.4 is 10.1 Å². The molecule has 0 spiro atoms. The van der Waals surface area contributed by atoms with E-state index < -0.39 is 0 Å². The third-order valence-electron chi connectivity index (χ3n) is 5.13. The van der Waals surface area contributed by atoms with Crippen molar-refractivity contribution in [3.63, 3.8) is 0 Å². The van der Waals surface area contributed by atoms with E-state index in [2.05, 4.69) is 20.5 Å². The molecule has 0 aliphatic carbocycles. The van der Waals surface area contributed by atoms with Gasteiger partial charge in [-0.05, 0) is 44.2 Å². The lowest BCUT2D eigenvalue weighted by atomic mass is 10.0. The van der Waals surface area contributed by atoms with Crippen LogP contribution in [-0.4, -0.2) is 38.5 Å². The van der Waals surface area contributed by atoms with E-state index in [1.165, 1.54) is 11.8 Å². The van der Waals surface area contributed by atoms with Crippen LogP contribution in [0.4, 0.5) is 0 Å². The summed E-state index contributed by atoms with van der Waals surface area (Å²) in [5, 5.41) is 12.4. The van der Waals surface area contributed by atoms with Crippen molar-refractivity contribution < 1.29 is 9.53 Å². The number of benzene rings is 2.